The molecule has 1 fully saturated rings. The second-order valence-corrected chi connectivity index (χ2v) is 4.68. The molecule has 1 aromatic rings. The van der Waals surface area contributed by atoms with Crippen LogP contribution in [-0.4, -0.2) is 24.4 Å². The minimum atomic E-state index is -0.387. The number of aryl methyl sites for hydroxylation is 1. The van der Waals surface area contributed by atoms with Crippen LogP contribution in [0.4, 0.5) is 4.39 Å². The van der Waals surface area contributed by atoms with Crippen molar-refractivity contribution in [2.75, 3.05) is 6.54 Å². The van der Waals surface area contributed by atoms with Crippen LogP contribution in [0.1, 0.15) is 24.8 Å². The van der Waals surface area contributed by atoms with Crippen LogP contribution in [0.25, 0.3) is 0 Å². The number of rotatable bonds is 5. The minimum Gasteiger partial charge on any atom is -0.354 e. The van der Waals surface area contributed by atoms with Crippen LogP contribution in [-0.2, 0) is 16.0 Å². The van der Waals surface area contributed by atoms with E-state index in [0.717, 1.165) is 18.4 Å². The smallest absolute Gasteiger partial charge is 0.242 e. The van der Waals surface area contributed by atoms with E-state index in [1.807, 2.05) is 6.07 Å². The van der Waals surface area contributed by atoms with Crippen LogP contribution in [0.15, 0.2) is 24.3 Å². The van der Waals surface area contributed by atoms with Gasteiger partial charge in [-0.2, -0.15) is 0 Å². The van der Waals surface area contributed by atoms with Crippen molar-refractivity contribution in [1.82, 2.24) is 10.6 Å². The Morgan fingerprint density at radius 2 is 2.32 bits per heavy atom. The Bertz CT molecular complexity index is 476. The molecule has 2 N–H and O–H groups in total. The van der Waals surface area contributed by atoms with E-state index >= 15 is 0 Å². The third kappa shape index (κ3) is 4.05. The van der Waals surface area contributed by atoms with Crippen molar-refractivity contribution in [3.8, 4) is 0 Å². The molecule has 4 nitrogen and oxygen atoms in total. The number of nitrogens with one attached hydrogen (secondary N) is 2. The average Bonchev–Trinajstić information content (AvgIpc) is 2.81. The molecule has 0 aromatic heterocycles. The summed E-state index contributed by atoms with van der Waals surface area (Å²) in [6.07, 6.45) is 2.45. The molecule has 1 aromatic carbocycles. The van der Waals surface area contributed by atoms with Gasteiger partial charge < -0.3 is 10.6 Å². The number of hydrogen-bond donors (Lipinski definition) is 2. The van der Waals surface area contributed by atoms with Gasteiger partial charge in [-0.1, -0.05) is 12.1 Å². The third-order valence-electron chi connectivity index (χ3n) is 3.14. The Morgan fingerprint density at radius 3 is 3.00 bits per heavy atom. The number of amides is 2. The van der Waals surface area contributed by atoms with Crippen molar-refractivity contribution in [2.45, 2.75) is 31.7 Å². The van der Waals surface area contributed by atoms with Gasteiger partial charge in [0, 0.05) is 13.0 Å². The van der Waals surface area contributed by atoms with E-state index in [-0.39, 0.29) is 23.7 Å². The van der Waals surface area contributed by atoms with E-state index in [2.05, 4.69) is 10.6 Å². The summed E-state index contributed by atoms with van der Waals surface area (Å²) in [5.41, 5.74) is 0.920. The van der Waals surface area contributed by atoms with Crippen LogP contribution in [0, 0.1) is 5.82 Å². The molecule has 2 amide bonds. The molecule has 0 radical (unpaired) electrons. The van der Waals surface area contributed by atoms with E-state index in [1.54, 1.807) is 6.07 Å². The fourth-order valence-electron chi connectivity index (χ4n) is 2.13. The minimum absolute atomic E-state index is 0.0695. The van der Waals surface area contributed by atoms with Crippen molar-refractivity contribution < 1.29 is 14.0 Å². The normalized spacial score (nSPS) is 18.2. The zero-order valence-corrected chi connectivity index (χ0v) is 10.6. The molecule has 19 heavy (non-hydrogen) atoms. The van der Waals surface area contributed by atoms with E-state index in [9.17, 15) is 14.0 Å². The molecule has 0 spiro atoms. The summed E-state index contributed by atoms with van der Waals surface area (Å²) in [7, 11) is 0. The molecule has 1 aliphatic rings. The highest BCUT2D eigenvalue weighted by molar-refractivity contribution is 5.90. The molecule has 1 aliphatic heterocycles. The molecule has 0 aliphatic carbocycles. The summed E-state index contributed by atoms with van der Waals surface area (Å²) >= 11 is 0. The first-order valence-corrected chi connectivity index (χ1v) is 6.46. The lowest BCUT2D eigenvalue weighted by Crippen LogP contribution is -2.41. The molecule has 1 heterocycles. The SMILES string of the molecule is O=C1CC[C@@H](C(=O)NCCCc2cccc(F)c2)N1. The third-order valence-corrected chi connectivity index (χ3v) is 3.14. The van der Waals surface area contributed by atoms with Gasteiger partial charge in [-0.15, -0.1) is 0 Å². The van der Waals surface area contributed by atoms with Gasteiger partial charge in [-0.05, 0) is 37.0 Å². The molecule has 0 saturated carbocycles. The highest BCUT2D eigenvalue weighted by atomic mass is 19.1. The first-order chi connectivity index (χ1) is 9.15. The first-order valence-electron chi connectivity index (χ1n) is 6.46. The van der Waals surface area contributed by atoms with Crippen LogP contribution < -0.4 is 10.6 Å². The van der Waals surface area contributed by atoms with Crippen molar-refractivity contribution in [2.24, 2.45) is 0 Å². The second kappa shape index (κ2) is 6.31. The lowest BCUT2D eigenvalue weighted by Gasteiger charge is -2.10. The van der Waals surface area contributed by atoms with Crippen molar-refractivity contribution in [3.63, 3.8) is 0 Å². The molecular formula is C14H17FN2O2. The summed E-state index contributed by atoms with van der Waals surface area (Å²) < 4.78 is 12.9. The predicted octanol–water partition coefficient (Wildman–Crippen LogP) is 1.15. The molecule has 0 unspecified atom stereocenters. The Labute approximate surface area is 111 Å². The van der Waals surface area contributed by atoms with E-state index in [1.165, 1.54) is 12.1 Å². The number of benzene rings is 1. The van der Waals surface area contributed by atoms with Gasteiger partial charge >= 0.3 is 0 Å². The highest BCUT2D eigenvalue weighted by Gasteiger charge is 2.26. The quantitative estimate of drug-likeness (QED) is 0.784. The Balaban J connectivity index is 1.66. The monoisotopic (exact) mass is 264 g/mol. The zero-order valence-electron chi connectivity index (χ0n) is 10.6. The Morgan fingerprint density at radius 1 is 1.47 bits per heavy atom. The molecule has 1 atom stereocenters. The Kier molecular flexibility index (Phi) is 4.49. The first kappa shape index (κ1) is 13.5. The zero-order chi connectivity index (χ0) is 13.7. The predicted molar refractivity (Wildman–Crippen MR) is 68.9 cm³/mol. The van der Waals surface area contributed by atoms with Gasteiger partial charge in [0.25, 0.3) is 0 Å². The maximum atomic E-state index is 12.9. The summed E-state index contributed by atoms with van der Waals surface area (Å²) in [6.45, 7) is 0.529. The molecular weight excluding hydrogens is 247 g/mol. The summed E-state index contributed by atoms with van der Waals surface area (Å²) in [5, 5.41) is 5.40. The van der Waals surface area contributed by atoms with Gasteiger partial charge in [0.1, 0.15) is 11.9 Å². The lowest BCUT2D eigenvalue weighted by molar-refractivity contribution is -0.125. The van der Waals surface area contributed by atoms with E-state index < -0.39 is 0 Å². The summed E-state index contributed by atoms with van der Waals surface area (Å²) in [5.74, 6) is -0.444. The molecule has 1 saturated heterocycles. The maximum Gasteiger partial charge on any atom is 0.242 e. The van der Waals surface area contributed by atoms with Crippen LogP contribution in [0.3, 0.4) is 0 Å². The number of halogens is 1. The summed E-state index contributed by atoms with van der Waals surface area (Å²) in [6, 6.07) is 6.06. The standard InChI is InChI=1S/C14H17FN2O2/c15-11-5-1-3-10(9-11)4-2-8-16-14(19)12-6-7-13(18)17-12/h1,3,5,9,12H,2,4,6-8H2,(H,16,19)(H,17,18)/t12-/m0/s1. The van der Waals surface area contributed by atoms with Gasteiger partial charge in [-0.3, -0.25) is 9.59 Å². The van der Waals surface area contributed by atoms with Crippen LogP contribution >= 0.6 is 0 Å². The second-order valence-electron chi connectivity index (χ2n) is 4.68. The van der Waals surface area contributed by atoms with E-state index in [4.69, 9.17) is 0 Å². The fraction of sp³-hybridized carbons (Fsp3) is 0.429. The maximum absolute atomic E-state index is 12.9. The van der Waals surface area contributed by atoms with Crippen molar-refractivity contribution in [1.29, 1.82) is 0 Å². The lowest BCUT2D eigenvalue weighted by atomic mass is 10.1. The van der Waals surface area contributed by atoms with Crippen LogP contribution in [0.5, 0.6) is 0 Å². The Hall–Kier alpha value is -1.91. The molecule has 5 heteroatoms. The number of carbonyl (C=O) groups excluding carboxylic acids is 2. The number of hydrogen-bond acceptors (Lipinski definition) is 2. The topological polar surface area (TPSA) is 58.2 Å². The molecule has 102 valence electrons. The van der Waals surface area contributed by atoms with Gasteiger partial charge in [0.15, 0.2) is 0 Å². The average molecular weight is 264 g/mol. The van der Waals surface area contributed by atoms with Crippen molar-refractivity contribution in [3.05, 3.63) is 35.6 Å². The molecule has 0 bridgehead atoms. The van der Waals surface area contributed by atoms with Crippen LogP contribution in [0.2, 0.25) is 0 Å². The largest absolute Gasteiger partial charge is 0.354 e. The fourth-order valence-corrected chi connectivity index (χ4v) is 2.13. The van der Waals surface area contributed by atoms with E-state index in [0.29, 0.717) is 19.4 Å². The van der Waals surface area contributed by atoms with Gasteiger partial charge in [0.05, 0.1) is 0 Å². The number of carbonyl (C=O) groups is 2. The van der Waals surface area contributed by atoms with Crippen molar-refractivity contribution >= 4 is 11.8 Å². The molecule has 2 rings (SSSR count). The highest BCUT2D eigenvalue weighted by Crippen LogP contribution is 2.07. The van der Waals surface area contributed by atoms with Gasteiger partial charge in [-0.25, -0.2) is 4.39 Å². The summed E-state index contributed by atoms with van der Waals surface area (Å²) in [4.78, 5) is 22.6. The van der Waals surface area contributed by atoms with Gasteiger partial charge in [0.2, 0.25) is 11.8 Å².